The number of aryl methyl sites for hydroxylation is 2. The Morgan fingerprint density at radius 3 is 2.40 bits per heavy atom. The minimum atomic E-state index is -5.05. The maximum absolute atomic E-state index is 11.8. The van der Waals surface area contributed by atoms with Crippen molar-refractivity contribution in [3.63, 3.8) is 0 Å². The van der Waals surface area contributed by atoms with E-state index in [2.05, 4.69) is 0 Å². The Labute approximate surface area is 113 Å². The summed E-state index contributed by atoms with van der Waals surface area (Å²) in [5.41, 5.74) is 4.65. The lowest BCUT2D eigenvalue weighted by atomic mass is 10.1. The average Bonchev–Trinajstić information content (AvgIpc) is 2.33. The first-order chi connectivity index (χ1) is 9.20. The summed E-state index contributed by atoms with van der Waals surface area (Å²) in [6.45, 7) is 3.14. The lowest BCUT2D eigenvalue weighted by Crippen LogP contribution is -2.49. The number of nitrogens with one attached hydrogen (secondary N) is 2. The van der Waals surface area contributed by atoms with Gasteiger partial charge in [-0.1, -0.05) is 17.7 Å². The molecule has 0 bridgehead atoms. The molecule has 0 heterocycles. The molecule has 0 unspecified atom stereocenters. The Balaban J connectivity index is 2.42. The molecule has 2 amide bonds. The monoisotopic (exact) mass is 290 g/mol. The average molecular weight is 290 g/mol. The zero-order valence-electron chi connectivity index (χ0n) is 10.8. The maximum Gasteiger partial charge on any atom is 0.472 e. The van der Waals surface area contributed by atoms with Crippen molar-refractivity contribution >= 4 is 11.8 Å². The molecule has 0 atom stereocenters. The number of ether oxygens (including phenoxy) is 1. The molecular weight excluding hydrogens is 277 g/mol. The van der Waals surface area contributed by atoms with E-state index in [4.69, 9.17) is 4.74 Å². The van der Waals surface area contributed by atoms with Gasteiger partial charge in [0.1, 0.15) is 5.75 Å². The lowest BCUT2D eigenvalue weighted by Gasteiger charge is -2.11. The molecule has 0 aliphatic carbocycles. The van der Waals surface area contributed by atoms with Crippen LogP contribution >= 0.6 is 0 Å². The zero-order chi connectivity index (χ0) is 15.3. The third-order valence-electron chi connectivity index (χ3n) is 2.26. The molecule has 0 saturated heterocycles. The number of carbonyl (C=O) groups is 2. The molecule has 8 heteroatoms. The third-order valence-corrected chi connectivity index (χ3v) is 2.26. The van der Waals surface area contributed by atoms with Gasteiger partial charge in [-0.3, -0.25) is 20.4 Å². The highest BCUT2D eigenvalue weighted by atomic mass is 19.4. The van der Waals surface area contributed by atoms with Gasteiger partial charge >= 0.3 is 12.1 Å². The Kier molecular flexibility index (Phi) is 4.95. The fourth-order valence-corrected chi connectivity index (χ4v) is 1.34. The van der Waals surface area contributed by atoms with Gasteiger partial charge in [0.25, 0.3) is 5.91 Å². The van der Waals surface area contributed by atoms with Crippen molar-refractivity contribution in [3.05, 3.63) is 29.3 Å². The predicted molar refractivity (Wildman–Crippen MR) is 63.8 cm³/mol. The van der Waals surface area contributed by atoms with Crippen LogP contribution in [0.4, 0.5) is 13.2 Å². The van der Waals surface area contributed by atoms with Crippen LogP contribution in [0.1, 0.15) is 11.1 Å². The van der Waals surface area contributed by atoms with Crippen molar-refractivity contribution in [1.82, 2.24) is 10.9 Å². The van der Waals surface area contributed by atoms with Crippen LogP contribution in [0.25, 0.3) is 0 Å². The standard InChI is InChI=1S/C12H13F3N2O3/c1-7-3-4-9(8(2)5-7)20-6-10(18)16-17-11(19)12(13,14)15/h3-5H,6H2,1-2H3,(H,16,18)(H,17,19). The number of alkyl halides is 3. The Bertz CT molecular complexity index is 515. The van der Waals surface area contributed by atoms with Crippen molar-refractivity contribution in [2.45, 2.75) is 20.0 Å². The number of benzene rings is 1. The molecular formula is C12H13F3N2O3. The van der Waals surface area contributed by atoms with Crippen molar-refractivity contribution in [3.8, 4) is 5.75 Å². The molecule has 0 spiro atoms. The molecule has 0 aliphatic heterocycles. The Hall–Kier alpha value is -2.25. The number of halogens is 3. The van der Waals surface area contributed by atoms with Crippen molar-refractivity contribution < 1.29 is 27.5 Å². The van der Waals surface area contributed by atoms with Crippen LogP contribution in [0.3, 0.4) is 0 Å². The Morgan fingerprint density at radius 1 is 1.20 bits per heavy atom. The van der Waals surface area contributed by atoms with Gasteiger partial charge in [-0.2, -0.15) is 13.2 Å². The van der Waals surface area contributed by atoms with E-state index in [1.54, 1.807) is 24.5 Å². The molecule has 2 N–H and O–H groups in total. The minimum Gasteiger partial charge on any atom is -0.483 e. The van der Waals surface area contributed by atoms with Gasteiger partial charge in [0.2, 0.25) is 0 Å². The molecule has 1 aromatic carbocycles. The molecule has 0 fully saturated rings. The highest BCUT2D eigenvalue weighted by molar-refractivity contribution is 5.85. The highest BCUT2D eigenvalue weighted by Gasteiger charge is 2.38. The fourth-order valence-electron chi connectivity index (χ4n) is 1.34. The topological polar surface area (TPSA) is 67.4 Å². The molecule has 0 aliphatic rings. The highest BCUT2D eigenvalue weighted by Crippen LogP contribution is 2.18. The van der Waals surface area contributed by atoms with Crippen LogP contribution in [0, 0.1) is 13.8 Å². The fraction of sp³-hybridized carbons (Fsp3) is 0.333. The van der Waals surface area contributed by atoms with E-state index in [1.165, 1.54) is 5.43 Å². The first-order valence-corrected chi connectivity index (χ1v) is 5.56. The van der Waals surface area contributed by atoms with E-state index >= 15 is 0 Å². The van der Waals surface area contributed by atoms with Gasteiger partial charge in [-0.05, 0) is 25.5 Å². The Morgan fingerprint density at radius 2 is 1.85 bits per heavy atom. The van der Waals surface area contributed by atoms with Crippen LogP contribution < -0.4 is 15.6 Å². The van der Waals surface area contributed by atoms with Crippen LogP contribution in [-0.2, 0) is 9.59 Å². The lowest BCUT2D eigenvalue weighted by molar-refractivity contribution is -0.175. The molecule has 1 rings (SSSR count). The number of rotatable bonds is 3. The minimum absolute atomic E-state index is 0.438. The summed E-state index contributed by atoms with van der Waals surface area (Å²) in [7, 11) is 0. The quantitative estimate of drug-likeness (QED) is 0.827. The van der Waals surface area contributed by atoms with E-state index in [9.17, 15) is 22.8 Å². The number of hydrazine groups is 1. The van der Waals surface area contributed by atoms with Crippen LogP contribution in [0.15, 0.2) is 18.2 Å². The predicted octanol–water partition coefficient (Wildman–Crippen LogP) is 1.39. The van der Waals surface area contributed by atoms with Crippen molar-refractivity contribution in [2.24, 2.45) is 0 Å². The molecule has 1 aromatic rings. The van der Waals surface area contributed by atoms with Crippen molar-refractivity contribution in [2.75, 3.05) is 6.61 Å². The first-order valence-electron chi connectivity index (χ1n) is 5.56. The molecule has 110 valence electrons. The summed E-state index contributed by atoms with van der Waals surface area (Å²) >= 11 is 0. The molecule has 5 nitrogen and oxygen atoms in total. The smallest absolute Gasteiger partial charge is 0.472 e. The van der Waals surface area contributed by atoms with Crippen LogP contribution in [0.2, 0.25) is 0 Å². The summed E-state index contributed by atoms with van der Waals surface area (Å²) in [6, 6.07) is 5.25. The van der Waals surface area contributed by atoms with Crippen molar-refractivity contribution in [1.29, 1.82) is 0 Å². The number of hydrogen-bond acceptors (Lipinski definition) is 3. The molecule has 0 saturated carbocycles. The molecule has 0 radical (unpaired) electrons. The van der Waals surface area contributed by atoms with Gasteiger partial charge < -0.3 is 4.74 Å². The van der Waals surface area contributed by atoms with E-state index < -0.39 is 24.6 Å². The van der Waals surface area contributed by atoms with Gasteiger partial charge in [0, 0.05) is 0 Å². The first kappa shape index (κ1) is 15.8. The van der Waals surface area contributed by atoms with E-state index in [1.807, 2.05) is 13.0 Å². The summed E-state index contributed by atoms with van der Waals surface area (Å²) in [5.74, 6) is -2.71. The zero-order valence-corrected chi connectivity index (χ0v) is 10.8. The second kappa shape index (κ2) is 6.27. The number of carbonyl (C=O) groups excluding carboxylic acids is 2. The molecule has 0 aromatic heterocycles. The number of hydrogen-bond donors (Lipinski definition) is 2. The van der Waals surface area contributed by atoms with E-state index in [0.29, 0.717) is 5.75 Å². The second-order valence-electron chi connectivity index (χ2n) is 4.06. The number of amides is 2. The SMILES string of the molecule is Cc1ccc(OCC(=O)NNC(=O)C(F)(F)F)c(C)c1. The summed E-state index contributed by atoms with van der Waals surface area (Å²) in [4.78, 5) is 21.7. The normalized spacial score (nSPS) is 10.8. The van der Waals surface area contributed by atoms with Gasteiger partial charge in [0.15, 0.2) is 6.61 Å². The maximum atomic E-state index is 11.8. The third kappa shape index (κ3) is 4.79. The van der Waals surface area contributed by atoms with Gasteiger partial charge in [0.05, 0.1) is 0 Å². The summed E-state index contributed by atoms with van der Waals surface area (Å²) in [5, 5.41) is 0. The summed E-state index contributed by atoms with van der Waals surface area (Å²) in [6.07, 6.45) is -5.05. The van der Waals surface area contributed by atoms with Crippen LogP contribution in [-0.4, -0.2) is 24.6 Å². The van der Waals surface area contributed by atoms with Gasteiger partial charge in [-0.15, -0.1) is 0 Å². The van der Waals surface area contributed by atoms with E-state index in [0.717, 1.165) is 11.1 Å². The largest absolute Gasteiger partial charge is 0.483 e. The van der Waals surface area contributed by atoms with Crippen LogP contribution in [0.5, 0.6) is 5.75 Å². The second-order valence-corrected chi connectivity index (χ2v) is 4.06. The van der Waals surface area contributed by atoms with Gasteiger partial charge in [-0.25, -0.2) is 0 Å². The molecule has 20 heavy (non-hydrogen) atoms. The van der Waals surface area contributed by atoms with E-state index in [-0.39, 0.29) is 0 Å². The summed E-state index contributed by atoms with van der Waals surface area (Å²) < 4.78 is 40.7.